The van der Waals surface area contributed by atoms with Crippen molar-refractivity contribution in [3.05, 3.63) is 22.2 Å². The van der Waals surface area contributed by atoms with Gasteiger partial charge in [0.1, 0.15) is 11.5 Å². The van der Waals surface area contributed by atoms with Crippen LogP contribution >= 0.6 is 15.9 Å². The highest BCUT2D eigenvalue weighted by Gasteiger charge is 2.16. The van der Waals surface area contributed by atoms with E-state index in [9.17, 15) is 4.79 Å². The molecule has 1 aromatic rings. The molecule has 1 rings (SSSR count). The molecule has 3 N–H and O–H groups in total. The van der Waals surface area contributed by atoms with Crippen molar-refractivity contribution in [1.29, 1.82) is 0 Å². The Morgan fingerprint density at radius 3 is 2.53 bits per heavy atom. The van der Waals surface area contributed by atoms with Gasteiger partial charge in [-0.1, -0.05) is 0 Å². The van der Waals surface area contributed by atoms with Crippen LogP contribution < -0.4 is 15.2 Å². The second kappa shape index (κ2) is 7.35. The number of carboxylic acid groups (broad SMARTS) is 1. The summed E-state index contributed by atoms with van der Waals surface area (Å²) in [5, 5.41) is 8.62. The van der Waals surface area contributed by atoms with Crippen LogP contribution in [0.1, 0.15) is 30.9 Å². The van der Waals surface area contributed by atoms with E-state index in [-0.39, 0.29) is 12.5 Å². The van der Waals surface area contributed by atoms with Crippen molar-refractivity contribution in [3.63, 3.8) is 0 Å². The molecule has 5 nitrogen and oxygen atoms in total. The van der Waals surface area contributed by atoms with Gasteiger partial charge >= 0.3 is 5.97 Å². The number of halogens is 1. The molecule has 0 aliphatic heterocycles. The smallest absolute Gasteiger partial charge is 0.303 e. The number of nitrogens with two attached hydrogens (primary N) is 1. The number of hydrogen-bond donors (Lipinski definition) is 2. The monoisotopic (exact) mass is 331 g/mol. The number of ether oxygens (including phenoxy) is 2. The number of hydrogen-bond acceptors (Lipinski definition) is 4. The average Bonchev–Trinajstić information content (AvgIpc) is 2.37. The third-order valence-corrected chi connectivity index (χ3v) is 3.43. The van der Waals surface area contributed by atoms with Gasteiger partial charge < -0.3 is 20.3 Å². The normalized spacial score (nSPS) is 12.0. The molecule has 0 fully saturated rings. The Hall–Kier alpha value is -1.27. The van der Waals surface area contributed by atoms with Crippen molar-refractivity contribution in [2.75, 3.05) is 14.2 Å². The van der Waals surface area contributed by atoms with Crippen molar-refractivity contribution in [1.82, 2.24) is 0 Å². The zero-order valence-corrected chi connectivity index (χ0v) is 12.6. The molecule has 0 heterocycles. The largest absolute Gasteiger partial charge is 0.496 e. The summed E-state index contributed by atoms with van der Waals surface area (Å²) < 4.78 is 11.3. The highest BCUT2D eigenvalue weighted by Crippen LogP contribution is 2.36. The lowest BCUT2D eigenvalue weighted by Gasteiger charge is -2.17. The Balaban J connectivity index is 2.87. The molecule has 0 radical (unpaired) electrons. The molecule has 19 heavy (non-hydrogen) atoms. The van der Waals surface area contributed by atoms with E-state index in [2.05, 4.69) is 15.9 Å². The molecule has 0 aromatic heterocycles. The highest BCUT2D eigenvalue weighted by molar-refractivity contribution is 9.10. The van der Waals surface area contributed by atoms with Crippen LogP contribution in [0.4, 0.5) is 0 Å². The SMILES string of the molecule is COc1cc(C(N)CCCC(=O)O)c(OC)cc1Br. The van der Waals surface area contributed by atoms with Crippen molar-refractivity contribution < 1.29 is 19.4 Å². The summed E-state index contributed by atoms with van der Waals surface area (Å²) in [5.74, 6) is 0.521. The zero-order valence-electron chi connectivity index (χ0n) is 11.0. The van der Waals surface area contributed by atoms with Crippen molar-refractivity contribution in [2.45, 2.75) is 25.3 Å². The topological polar surface area (TPSA) is 81.8 Å². The number of methoxy groups -OCH3 is 2. The van der Waals surface area contributed by atoms with E-state index in [1.807, 2.05) is 6.07 Å². The van der Waals surface area contributed by atoms with Crippen molar-refractivity contribution >= 4 is 21.9 Å². The van der Waals surface area contributed by atoms with Gasteiger partial charge in [0, 0.05) is 18.0 Å². The van der Waals surface area contributed by atoms with Crippen LogP contribution in [0.5, 0.6) is 11.5 Å². The summed E-state index contributed by atoms with van der Waals surface area (Å²) in [6.07, 6.45) is 1.22. The number of aliphatic carboxylic acids is 1. The van der Waals surface area contributed by atoms with E-state index in [0.29, 0.717) is 24.3 Å². The Morgan fingerprint density at radius 1 is 1.37 bits per heavy atom. The van der Waals surface area contributed by atoms with Gasteiger partial charge in [0.2, 0.25) is 0 Å². The van der Waals surface area contributed by atoms with Gasteiger partial charge in [0.05, 0.1) is 18.7 Å². The van der Waals surface area contributed by atoms with Crippen LogP contribution in [0.3, 0.4) is 0 Å². The van der Waals surface area contributed by atoms with Crippen molar-refractivity contribution in [2.24, 2.45) is 5.73 Å². The van der Waals surface area contributed by atoms with E-state index < -0.39 is 5.97 Å². The molecule has 0 saturated heterocycles. The second-order valence-corrected chi connectivity index (χ2v) is 4.98. The van der Waals surface area contributed by atoms with Crippen molar-refractivity contribution in [3.8, 4) is 11.5 Å². The van der Waals surface area contributed by atoms with Gasteiger partial charge in [-0.15, -0.1) is 0 Å². The molecule has 1 atom stereocenters. The molecule has 1 aromatic carbocycles. The van der Waals surface area contributed by atoms with E-state index in [1.54, 1.807) is 20.3 Å². The third-order valence-electron chi connectivity index (χ3n) is 2.81. The molecular weight excluding hydrogens is 314 g/mol. The minimum absolute atomic E-state index is 0.115. The number of carbonyl (C=O) groups is 1. The summed E-state index contributed by atoms with van der Waals surface area (Å²) in [5.41, 5.74) is 6.90. The van der Waals surface area contributed by atoms with Crippen LogP contribution in [-0.2, 0) is 4.79 Å². The molecule has 6 heteroatoms. The quantitative estimate of drug-likeness (QED) is 0.802. The van der Waals surface area contributed by atoms with E-state index >= 15 is 0 Å². The molecule has 0 spiro atoms. The third kappa shape index (κ3) is 4.40. The maximum absolute atomic E-state index is 10.5. The first-order valence-electron chi connectivity index (χ1n) is 5.88. The van der Waals surface area contributed by atoms with Crippen LogP contribution in [0, 0.1) is 0 Å². The summed E-state index contributed by atoms with van der Waals surface area (Å²) >= 11 is 3.38. The summed E-state index contributed by atoms with van der Waals surface area (Å²) in [6.45, 7) is 0. The maximum atomic E-state index is 10.5. The molecular formula is C13H18BrNO4. The van der Waals surface area contributed by atoms with E-state index in [4.69, 9.17) is 20.3 Å². The first-order chi connectivity index (χ1) is 8.99. The fraction of sp³-hybridized carbons (Fsp3) is 0.462. The summed E-state index contributed by atoms with van der Waals surface area (Å²) in [7, 11) is 3.15. The molecule has 1 unspecified atom stereocenters. The van der Waals surface area contributed by atoms with Gasteiger partial charge in [-0.05, 0) is 40.9 Å². The summed E-state index contributed by atoms with van der Waals surface area (Å²) in [4.78, 5) is 10.5. The zero-order chi connectivity index (χ0) is 14.4. The lowest BCUT2D eigenvalue weighted by atomic mass is 10.0. The Kier molecular flexibility index (Phi) is 6.11. The Morgan fingerprint density at radius 2 is 2.00 bits per heavy atom. The fourth-order valence-electron chi connectivity index (χ4n) is 1.80. The van der Waals surface area contributed by atoms with Gasteiger partial charge in [0.15, 0.2) is 0 Å². The first-order valence-corrected chi connectivity index (χ1v) is 6.67. The van der Waals surface area contributed by atoms with Gasteiger partial charge in [-0.25, -0.2) is 0 Å². The lowest BCUT2D eigenvalue weighted by Crippen LogP contribution is -2.12. The number of rotatable bonds is 7. The van der Waals surface area contributed by atoms with Crippen LogP contribution in [0.2, 0.25) is 0 Å². The van der Waals surface area contributed by atoms with E-state index in [0.717, 1.165) is 10.0 Å². The molecule has 0 bridgehead atoms. The maximum Gasteiger partial charge on any atom is 0.303 e. The van der Waals surface area contributed by atoms with Crippen LogP contribution in [-0.4, -0.2) is 25.3 Å². The number of benzene rings is 1. The highest BCUT2D eigenvalue weighted by atomic mass is 79.9. The average molecular weight is 332 g/mol. The Bertz CT molecular complexity index is 451. The van der Waals surface area contributed by atoms with Crippen LogP contribution in [0.25, 0.3) is 0 Å². The molecule has 0 saturated carbocycles. The molecule has 106 valence electrons. The van der Waals surface area contributed by atoms with Gasteiger partial charge in [-0.3, -0.25) is 4.79 Å². The predicted octanol–water partition coefficient (Wildman–Crippen LogP) is 2.72. The predicted molar refractivity (Wildman–Crippen MR) is 75.7 cm³/mol. The summed E-state index contributed by atoms with van der Waals surface area (Å²) in [6, 6.07) is 3.33. The second-order valence-electron chi connectivity index (χ2n) is 4.12. The molecule has 0 amide bonds. The minimum Gasteiger partial charge on any atom is -0.496 e. The lowest BCUT2D eigenvalue weighted by molar-refractivity contribution is -0.137. The minimum atomic E-state index is -0.812. The fourth-order valence-corrected chi connectivity index (χ4v) is 2.29. The van der Waals surface area contributed by atoms with Crippen LogP contribution in [0.15, 0.2) is 16.6 Å². The molecule has 0 aliphatic rings. The van der Waals surface area contributed by atoms with Gasteiger partial charge in [0.25, 0.3) is 0 Å². The molecule has 0 aliphatic carbocycles. The van der Waals surface area contributed by atoms with E-state index in [1.165, 1.54) is 0 Å². The number of carboxylic acids is 1. The standard InChI is InChI=1S/C13H18BrNO4/c1-18-11-7-9(14)12(19-2)6-8(11)10(15)4-3-5-13(16)17/h6-7,10H,3-5,15H2,1-2H3,(H,16,17). The first kappa shape index (κ1) is 15.8. The van der Waals surface area contributed by atoms with Gasteiger partial charge in [-0.2, -0.15) is 0 Å². The Labute approximate surface area is 120 Å².